The molecule has 1 aliphatic heterocycles. The first-order chi connectivity index (χ1) is 5.65. The Bertz CT molecular complexity index is 188. The van der Waals surface area contributed by atoms with Crippen LogP contribution in [0.15, 0.2) is 12.7 Å². The molecule has 0 aromatic heterocycles. The maximum absolute atomic E-state index is 11.6. The van der Waals surface area contributed by atoms with Gasteiger partial charge in [-0.25, -0.2) is 0 Å². The number of carbonyl (C=O) groups excluding carboxylic acids is 1. The molecule has 0 spiro atoms. The third-order valence-corrected chi connectivity index (χ3v) is 2.46. The lowest BCUT2D eigenvalue weighted by atomic mass is 9.87. The lowest BCUT2D eigenvalue weighted by Crippen LogP contribution is -2.43. The van der Waals surface area contributed by atoms with Crippen molar-refractivity contribution in [1.82, 2.24) is 4.90 Å². The Morgan fingerprint density at radius 1 is 1.67 bits per heavy atom. The van der Waals surface area contributed by atoms with E-state index in [0.29, 0.717) is 5.78 Å². The SMILES string of the molecule is C=CCC1CN(C)CC(C)C1=O. The van der Waals surface area contributed by atoms with Crippen LogP contribution in [-0.2, 0) is 4.79 Å². The van der Waals surface area contributed by atoms with Crippen molar-refractivity contribution < 1.29 is 4.79 Å². The molecule has 0 bridgehead atoms. The summed E-state index contributed by atoms with van der Waals surface area (Å²) < 4.78 is 0. The third kappa shape index (κ3) is 1.95. The van der Waals surface area contributed by atoms with Crippen molar-refractivity contribution in [3.63, 3.8) is 0 Å². The maximum atomic E-state index is 11.6. The van der Waals surface area contributed by atoms with Crippen LogP contribution < -0.4 is 0 Å². The number of piperidine rings is 1. The minimum absolute atomic E-state index is 0.191. The molecule has 0 aliphatic carbocycles. The van der Waals surface area contributed by atoms with Crippen LogP contribution in [0.4, 0.5) is 0 Å². The molecule has 0 aromatic carbocycles. The standard InChI is InChI=1S/C10H17NO/c1-4-5-9-7-11(3)6-8(2)10(9)12/h4,8-9H,1,5-7H2,2-3H3. The van der Waals surface area contributed by atoms with Crippen molar-refractivity contribution >= 4 is 5.78 Å². The third-order valence-electron chi connectivity index (χ3n) is 2.46. The van der Waals surface area contributed by atoms with E-state index in [1.54, 1.807) is 0 Å². The van der Waals surface area contributed by atoms with Gasteiger partial charge in [-0.1, -0.05) is 13.0 Å². The van der Waals surface area contributed by atoms with Gasteiger partial charge < -0.3 is 4.90 Å². The first-order valence-electron chi connectivity index (χ1n) is 4.48. The second kappa shape index (κ2) is 3.85. The highest BCUT2D eigenvalue weighted by Crippen LogP contribution is 2.19. The lowest BCUT2D eigenvalue weighted by molar-refractivity contribution is -0.130. The molecule has 0 radical (unpaired) electrons. The zero-order valence-corrected chi connectivity index (χ0v) is 7.92. The maximum Gasteiger partial charge on any atom is 0.141 e. The van der Waals surface area contributed by atoms with E-state index in [-0.39, 0.29) is 11.8 Å². The summed E-state index contributed by atoms with van der Waals surface area (Å²) in [6.45, 7) is 7.48. The first-order valence-corrected chi connectivity index (χ1v) is 4.48. The molecule has 68 valence electrons. The number of hydrogen-bond donors (Lipinski definition) is 0. The van der Waals surface area contributed by atoms with Gasteiger partial charge >= 0.3 is 0 Å². The van der Waals surface area contributed by atoms with Gasteiger partial charge in [-0.15, -0.1) is 6.58 Å². The molecule has 2 unspecified atom stereocenters. The number of rotatable bonds is 2. The number of likely N-dealkylation sites (tertiary alicyclic amines) is 1. The van der Waals surface area contributed by atoms with Crippen molar-refractivity contribution in [3.8, 4) is 0 Å². The molecule has 1 heterocycles. The fraction of sp³-hybridized carbons (Fsp3) is 0.700. The topological polar surface area (TPSA) is 20.3 Å². The second-order valence-corrected chi connectivity index (χ2v) is 3.75. The van der Waals surface area contributed by atoms with Crippen molar-refractivity contribution in [1.29, 1.82) is 0 Å². The first kappa shape index (κ1) is 9.46. The molecule has 2 nitrogen and oxygen atoms in total. The Hall–Kier alpha value is -0.630. The van der Waals surface area contributed by atoms with Crippen LogP contribution in [0.3, 0.4) is 0 Å². The molecule has 2 heteroatoms. The largest absolute Gasteiger partial charge is 0.305 e. The van der Waals surface area contributed by atoms with Gasteiger partial charge in [0.1, 0.15) is 5.78 Å². The van der Waals surface area contributed by atoms with Gasteiger partial charge in [0, 0.05) is 24.9 Å². The van der Waals surface area contributed by atoms with Gasteiger partial charge in [0.2, 0.25) is 0 Å². The van der Waals surface area contributed by atoms with E-state index < -0.39 is 0 Å². The summed E-state index contributed by atoms with van der Waals surface area (Å²) in [7, 11) is 2.07. The Labute approximate surface area is 74.2 Å². The van der Waals surface area contributed by atoms with E-state index in [2.05, 4.69) is 18.5 Å². The highest BCUT2D eigenvalue weighted by molar-refractivity contribution is 5.84. The van der Waals surface area contributed by atoms with Gasteiger partial charge in [-0.3, -0.25) is 4.79 Å². The van der Waals surface area contributed by atoms with E-state index in [9.17, 15) is 4.79 Å². The minimum atomic E-state index is 0.191. The number of allylic oxidation sites excluding steroid dienone is 1. The number of hydrogen-bond acceptors (Lipinski definition) is 2. The van der Waals surface area contributed by atoms with E-state index in [4.69, 9.17) is 0 Å². The molecule has 1 saturated heterocycles. The quantitative estimate of drug-likeness (QED) is 0.578. The van der Waals surface area contributed by atoms with Crippen LogP contribution in [0.25, 0.3) is 0 Å². The highest BCUT2D eigenvalue weighted by atomic mass is 16.1. The van der Waals surface area contributed by atoms with E-state index in [1.165, 1.54) is 0 Å². The van der Waals surface area contributed by atoms with E-state index >= 15 is 0 Å². The Balaban J connectivity index is 2.59. The van der Waals surface area contributed by atoms with Crippen molar-refractivity contribution in [3.05, 3.63) is 12.7 Å². The summed E-state index contributed by atoms with van der Waals surface area (Å²) in [5, 5.41) is 0. The molecular formula is C10H17NO. The van der Waals surface area contributed by atoms with Crippen LogP contribution in [0.5, 0.6) is 0 Å². The summed E-state index contributed by atoms with van der Waals surface area (Å²) in [5.74, 6) is 0.804. The highest BCUT2D eigenvalue weighted by Gasteiger charge is 2.29. The monoisotopic (exact) mass is 167 g/mol. The average molecular weight is 167 g/mol. The van der Waals surface area contributed by atoms with Gasteiger partial charge in [0.05, 0.1) is 0 Å². The molecule has 1 fully saturated rings. The lowest BCUT2D eigenvalue weighted by Gasteiger charge is -2.32. The molecule has 1 aliphatic rings. The van der Waals surface area contributed by atoms with Crippen LogP contribution in [0.1, 0.15) is 13.3 Å². The van der Waals surface area contributed by atoms with Crippen molar-refractivity contribution in [2.45, 2.75) is 13.3 Å². The van der Waals surface area contributed by atoms with Gasteiger partial charge in [-0.2, -0.15) is 0 Å². The summed E-state index contributed by atoms with van der Waals surface area (Å²) in [4.78, 5) is 13.8. The van der Waals surface area contributed by atoms with Crippen LogP contribution in [0, 0.1) is 11.8 Å². The smallest absolute Gasteiger partial charge is 0.141 e. The van der Waals surface area contributed by atoms with Gasteiger partial charge in [0.15, 0.2) is 0 Å². The molecular weight excluding hydrogens is 150 g/mol. The minimum Gasteiger partial charge on any atom is -0.305 e. The number of Topliss-reactive ketones (excluding diaryl/α,β-unsaturated/α-hetero) is 1. The normalized spacial score (nSPS) is 32.0. The zero-order chi connectivity index (χ0) is 9.14. The fourth-order valence-corrected chi connectivity index (χ4v) is 1.89. The average Bonchev–Trinajstić information content (AvgIpc) is 2.00. The molecule has 0 saturated carbocycles. The van der Waals surface area contributed by atoms with E-state index in [0.717, 1.165) is 19.5 Å². The van der Waals surface area contributed by atoms with Crippen molar-refractivity contribution in [2.75, 3.05) is 20.1 Å². The predicted molar refractivity (Wildman–Crippen MR) is 50.0 cm³/mol. The van der Waals surface area contributed by atoms with E-state index in [1.807, 2.05) is 13.0 Å². The second-order valence-electron chi connectivity index (χ2n) is 3.75. The van der Waals surface area contributed by atoms with Gasteiger partial charge in [-0.05, 0) is 13.5 Å². The number of nitrogens with zero attached hydrogens (tertiary/aromatic N) is 1. The Morgan fingerprint density at radius 2 is 2.33 bits per heavy atom. The summed E-state index contributed by atoms with van der Waals surface area (Å²) in [6.07, 6.45) is 2.67. The zero-order valence-electron chi connectivity index (χ0n) is 7.92. The summed E-state index contributed by atoms with van der Waals surface area (Å²) in [6, 6.07) is 0. The summed E-state index contributed by atoms with van der Waals surface area (Å²) in [5.41, 5.74) is 0. The van der Waals surface area contributed by atoms with Crippen LogP contribution >= 0.6 is 0 Å². The predicted octanol–water partition coefficient (Wildman–Crippen LogP) is 1.33. The number of ketones is 1. The molecule has 2 atom stereocenters. The summed E-state index contributed by atoms with van der Waals surface area (Å²) >= 11 is 0. The Morgan fingerprint density at radius 3 is 2.92 bits per heavy atom. The van der Waals surface area contributed by atoms with Crippen LogP contribution in [-0.4, -0.2) is 30.8 Å². The number of carbonyl (C=O) groups is 1. The molecule has 0 amide bonds. The molecule has 0 aromatic rings. The Kier molecular flexibility index (Phi) is 3.04. The van der Waals surface area contributed by atoms with Crippen LogP contribution in [0.2, 0.25) is 0 Å². The van der Waals surface area contributed by atoms with Gasteiger partial charge in [0.25, 0.3) is 0 Å². The van der Waals surface area contributed by atoms with Crippen molar-refractivity contribution in [2.24, 2.45) is 11.8 Å². The molecule has 0 N–H and O–H groups in total. The molecule has 12 heavy (non-hydrogen) atoms. The fourth-order valence-electron chi connectivity index (χ4n) is 1.89. The molecule has 1 rings (SSSR count).